The average molecular weight is 323 g/mol. The maximum absolute atomic E-state index is 12.3. The average Bonchev–Trinajstić information content (AvgIpc) is 2.51. The SMILES string of the molecule is CCN(CC)CCCC(C)NS(=O)(=O)c1cccc(C#N)c1. The first kappa shape index (κ1) is 18.6. The highest BCUT2D eigenvalue weighted by Gasteiger charge is 2.17. The molecule has 5 nitrogen and oxygen atoms in total. The van der Waals surface area contributed by atoms with Crippen LogP contribution in [0.1, 0.15) is 39.2 Å². The largest absolute Gasteiger partial charge is 0.304 e. The molecule has 0 saturated heterocycles. The predicted molar refractivity (Wildman–Crippen MR) is 88.0 cm³/mol. The Morgan fingerprint density at radius 1 is 1.32 bits per heavy atom. The van der Waals surface area contributed by atoms with Gasteiger partial charge in [0.25, 0.3) is 0 Å². The summed E-state index contributed by atoms with van der Waals surface area (Å²) >= 11 is 0. The molecule has 0 amide bonds. The van der Waals surface area contributed by atoms with Crippen molar-refractivity contribution in [3.8, 4) is 6.07 Å². The highest BCUT2D eigenvalue weighted by molar-refractivity contribution is 7.89. The number of hydrogen-bond acceptors (Lipinski definition) is 4. The first-order valence-electron chi connectivity index (χ1n) is 7.67. The van der Waals surface area contributed by atoms with Crippen LogP contribution < -0.4 is 4.72 Å². The Labute approximate surface area is 134 Å². The van der Waals surface area contributed by atoms with Crippen LogP contribution >= 0.6 is 0 Å². The molecule has 0 radical (unpaired) electrons. The first-order chi connectivity index (χ1) is 10.4. The molecule has 1 aromatic carbocycles. The third-order valence-electron chi connectivity index (χ3n) is 3.64. The van der Waals surface area contributed by atoms with E-state index in [1.54, 1.807) is 12.1 Å². The van der Waals surface area contributed by atoms with Crippen molar-refractivity contribution in [1.29, 1.82) is 5.26 Å². The van der Waals surface area contributed by atoms with Crippen LogP contribution in [0.5, 0.6) is 0 Å². The second kappa shape index (κ2) is 8.89. The molecule has 122 valence electrons. The van der Waals surface area contributed by atoms with Gasteiger partial charge in [0.05, 0.1) is 16.5 Å². The van der Waals surface area contributed by atoms with E-state index in [1.807, 2.05) is 13.0 Å². The third kappa shape index (κ3) is 5.76. The minimum Gasteiger partial charge on any atom is -0.304 e. The molecular weight excluding hydrogens is 298 g/mol. The van der Waals surface area contributed by atoms with Crippen molar-refractivity contribution in [2.75, 3.05) is 19.6 Å². The molecule has 0 aliphatic heterocycles. The lowest BCUT2D eigenvalue weighted by Gasteiger charge is -2.19. The Bertz CT molecular complexity index is 604. The fourth-order valence-corrected chi connectivity index (χ4v) is 3.61. The Balaban J connectivity index is 2.58. The van der Waals surface area contributed by atoms with Gasteiger partial charge in [0.15, 0.2) is 0 Å². The molecule has 1 N–H and O–H groups in total. The van der Waals surface area contributed by atoms with Crippen LogP contribution in [0.3, 0.4) is 0 Å². The minimum absolute atomic E-state index is 0.133. The van der Waals surface area contributed by atoms with E-state index in [9.17, 15) is 8.42 Å². The summed E-state index contributed by atoms with van der Waals surface area (Å²) in [6.45, 7) is 9.11. The molecule has 0 aromatic heterocycles. The molecule has 0 bridgehead atoms. The molecule has 0 fully saturated rings. The second-order valence-electron chi connectivity index (χ2n) is 5.33. The van der Waals surface area contributed by atoms with Crippen molar-refractivity contribution >= 4 is 10.0 Å². The van der Waals surface area contributed by atoms with Gasteiger partial charge in [-0.2, -0.15) is 5.26 Å². The van der Waals surface area contributed by atoms with Gasteiger partial charge >= 0.3 is 0 Å². The minimum atomic E-state index is -3.57. The van der Waals surface area contributed by atoms with Crippen molar-refractivity contribution in [2.45, 2.75) is 44.6 Å². The Morgan fingerprint density at radius 2 is 2.00 bits per heavy atom. The summed E-state index contributed by atoms with van der Waals surface area (Å²) in [5, 5.41) is 8.85. The van der Waals surface area contributed by atoms with Crippen molar-refractivity contribution in [2.24, 2.45) is 0 Å². The zero-order valence-electron chi connectivity index (χ0n) is 13.5. The third-order valence-corrected chi connectivity index (χ3v) is 5.22. The molecule has 6 heteroatoms. The fraction of sp³-hybridized carbons (Fsp3) is 0.562. The molecule has 1 atom stereocenters. The molecule has 0 saturated carbocycles. The summed E-state index contributed by atoms with van der Waals surface area (Å²) in [5.74, 6) is 0. The summed E-state index contributed by atoms with van der Waals surface area (Å²) in [7, 11) is -3.57. The van der Waals surface area contributed by atoms with Crippen LogP contribution in [-0.2, 0) is 10.0 Å². The summed E-state index contributed by atoms with van der Waals surface area (Å²) in [4.78, 5) is 2.46. The van der Waals surface area contributed by atoms with Gasteiger partial charge in [0.2, 0.25) is 10.0 Å². The Morgan fingerprint density at radius 3 is 2.59 bits per heavy atom. The maximum Gasteiger partial charge on any atom is 0.240 e. The van der Waals surface area contributed by atoms with Crippen molar-refractivity contribution in [1.82, 2.24) is 9.62 Å². The molecule has 22 heavy (non-hydrogen) atoms. The lowest BCUT2D eigenvalue weighted by molar-refractivity contribution is 0.293. The lowest BCUT2D eigenvalue weighted by atomic mass is 10.2. The molecule has 0 spiro atoms. The molecular formula is C16H25N3O2S. The molecule has 1 aromatic rings. The number of benzene rings is 1. The van der Waals surface area contributed by atoms with E-state index in [4.69, 9.17) is 5.26 Å². The number of rotatable bonds is 9. The second-order valence-corrected chi connectivity index (χ2v) is 7.05. The van der Waals surface area contributed by atoms with Crippen molar-refractivity contribution in [3.05, 3.63) is 29.8 Å². The maximum atomic E-state index is 12.3. The standard InChI is InChI=1S/C16H25N3O2S/c1-4-19(5-2)11-7-8-14(3)18-22(20,21)16-10-6-9-15(12-16)13-17/h6,9-10,12,14,18H,4-5,7-8,11H2,1-3H3. The summed E-state index contributed by atoms with van der Waals surface area (Å²) in [5.41, 5.74) is 0.345. The van der Waals surface area contributed by atoms with E-state index in [1.165, 1.54) is 12.1 Å². The van der Waals surface area contributed by atoms with E-state index >= 15 is 0 Å². The molecule has 0 aliphatic rings. The van der Waals surface area contributed by atoms with E-state index in [0.717, 1.165) is 32.5 Å². The Kier molecular flexibility index (Phi) is 7.52. The van der Waals surface area contributed by atoms with Crippen molar-refractivity contribution < 1.29 is 8.42 Å². The van der Waals surface area contributed by atoms with Crippen LogP contribution in [-0.4, -0.2) is 39.0 Å². The van der Waals surface area contributed by atoms with Gasteiger partial charge in [0.1, 0.15) is 0 Å². The zero-order valence-corrected chi connectivity index (χ0v) is 14.4. The summed E-state index contributed by atoms with van der Waals surface area (Å²) in [6, 6.07) is 7.89. The van der Waals surface area contributed by atoms with Crippen molar-refractivity contribution in [3.63, 3.8) is 0 Å². The van der Waals surface area contributed by atoms with Gasteiger partial charge in [-0.1, -0.05) is 19.9 Å². The van der Waals surface area contributed by atoms with Crippen LogP contribution in [0.15, 0.2) is 29.2 Å². The fourth-order valence-electron chi connectivity index (χ4n) is 2.29. The molecule has 0 heterocycles. The number of hydrogen-bond donors (Lipinski definition) is 1. The summed E-state index contributed by atoms with van der Waals surface area (Å²) in [6.07, 6.45) is 1.73. The monoisotopic (exact) mass is 323 g/mol. The van der Waals surface area contributed by atoms with Gasteiger partial charge in [-0.05, 0) is 57.6 Å². The smallest absolute Gasteiger partial charge is 0.240 e. The number of nitrogens with zero attached hydrogens (tertiary/aromatic N) is 2. The Hall–Kier alpha value is -1.42. The van der Waals surface area contributed by atoms with Gasteiger partial charge in [-0.15, -0.1) is 0 Å². The van der Waals surface area contributed by atoms with E-state index in [2.05, 4.69) is 23.5 Å². The topological polar surface area (TPSA) is 73.2 Å². The predicted octanol–water partition coefficient (Wildman–Crippen LogP) is 2.35. The molecule has 0 aliphatic carbocycles. The van der Waals surface area contributed by atoms with Gasteiger partial charge in [0, 0.05) is 6.04 Å². The normalized spacial score (nSPS) is 13.0. The van der Waals surface area contributed by atoms with Gasteiger partial charge in [-0.3, -0.25) is 0 Å². The van der Waals surface area contributed by atoms with E-state index < -0.39 is 10.0 Å². The van der Waals surface area contributed by atoms with Crippen LogP contribution in [0, 0.1) is 11.3 Å². The van der Waals surface area contributed by atoms with E-state index in [-0.39, 0.29) is 10.9 Å². The summed E-state index contributed by atoms with van der Waals surface area (Å²) < 4.78 is 27.3. The van der Waals surface area contributed by atoms with Gasteiger partial charge < -0.3 is 4.90 Å². The first-order valence-corrected chi connectivity index (χ1v) is 9.16. The van der Waals surface area contributed by atoms with Crippen LogP contribution in [0.2, 0.25) is 0 Å². The molecule has 1 rings (SSSR count). The number of nitrogens with one attached hydrogen (secondary N) is 1. The lowest BCUT2D eigenvalue weighted by Crippen LogP contribution is -2.33. The molecule has 1 unspecified atom stereocenters. The number of sulfonamides is 1. The highest BCUT2D eigenvalue weighted by atomic mass is 32.2. The zero-order chi connectivity index (χ0) is 16.6. The van der Waals surface area contributed by atoms with Crippen LogP contribution in [0.25, 0.3) is 0 Å². The van der Waals surface area contributed by atoms with E-state index in [0.29, 0.717) is 5.56 Å². The number of nitriles is 1. The quantitative estimate of drug-likeness (QED) is 0.757. The van der Waals surface area contributed by atoms with Crippen LogP contribution in [0.4, 0.5) is 0 Å². The highest BCUT2D eigenvalue weighted by Crippen LogP contribution is 2.12. The van der Waals surface area contributed by atoms with Gasteiger partial charge in [-0.25, -0.2) is 13.1 Å².